The van der Waals surface area contributed by atoms with Crippen LogP contribution in [-0.2, 0) is 4.79 Å². The van der Waals surface area contributed by atoms with Gasteiger partial charge in [-0.25, -0.2) is 0 Å². The van der Waals surface area contributed by atoms with Crippen LogP contribution in [0.5, 0.6) is 0 Å². The van der Waals surface area contributed by atoms with E-state index in [9.17, 15) is 9.90 Å². The van der Waals surface area contributed by atoms with Gasteiger partial charge in [-0.2, -0.15) is 0 Å². The zero-order valence-corrected chi connectivity index (χ0v) is 63.1. The molecule has 0 spiro atoms. The molecule has 3 fully saturated rings. The van der Waals surface area contributed by atoms with Crippen LogP contribution in [0.2, 0.25) is 0 Å². The number of hydrogen-bond acceptors (Lipinski definition) is 4. The fourth-order valence-corrected chi connectivity index (χ4v) is 16.2. The van der Waals surface area contributed by atoms with Crippen LogP contribution in [0.25, 0.3) is 0 Å². The maximum atomic E-state index is 13.9. The number of hydrogen-bond donors (Lipinski definition) is 3. The van der Waals surface area contributed by atoms with E-state index in [1.807, 2.05) is 0 Å². The smallest absolute Gasteiger partial charge is 0.239 e. The van der Waals surface area contributed by atoms with E-state index in [2.05, 4.69) is 119 Å². The molecule has 0 aliphatic heterocycles. The van der Waals surface area contributed by atoms with E-state index < -0.39 is 6.23 Å². The number of nitrogens with one attached hydrogen (secondary N) is 2. The summed E-state index contributed by atoms with van der Waals surface area (Å²) in [7, 11) is 0. The largest absolute Gasteiger partial charge is 0.379 e. The van der Waals surface area contributed by atoms with Crippen molar-refractivity contribution in [3.8, 4) is 0 Å². The molecule has 87 heavy (non-hydrogen) atoms. The molecule has 3 aliphatic rings. The van der Waals surface area contributed by atoms with E-state index in [0.717, 1.165) is 93.2 Å². The molecule has 0 aromatic heterocycles. The summed E-state index contributed by atoms with van der Waals surface area (Å²) in [4.78, 5) is 16.0. The van der Waals surface area contributed by atoms with Gasteiger partial charge in [-0.1, -0.05) is 361 Å². The van der Waals surface area contributed by atoms with Gasteiger partial charge in [0, 0.05) is 19.1 Å². The fourth-order valence-electron chi connectivity index (χ4n) is 16.2. The number of unbranched alkanes of at least 4 members (excludes halogenated alkanes) is 32. The monoisotopic (exact) mass is 1230 g/mol. The average molecular weight is 1230 g/mol. The molecule has 3 N–H and O–H groups in total. The molecular formula is C82H167N3O2. The minimum Gasteiger partial charge on any atom is -0.379 e. The zero-order chi connectivity index (χ0) is 64.8. The van der Waals surface area contributed by atoms with Gasteiger partial charge in [0.15, 0.2) is 0 Å². The van der Waals surface area contributed by atoms with Crippen molar-refractivity contribution < 1.29 is 9.90 Å². The topological polar surface area (TPSA) is 64.6 Å². The van der Waals surface area contributed by atoms with E-state index in [1.54, 1.807) is 6.92 Å². The Morgan fingerprint density at radius 3 is 1.25 bits per heavy atom. The van der Waals surface area contributed by atoms with Crippen LogP contribution in [0.15, 0.2) is 0 Å². The maximum absolute atomic E-state index is 13.9. The maximum Gasteiger partial charge on any atom is 0.239 e. The Morgan fingerprint density at radius 2 is 0.885 bits per heavy atom. The summed E-state index contributed by atoms with van der Waals surface area (Å²) in [6, 6.07) is 0.198. The second-order valence-electron chi connectivity index (χ2n) is 31.3. The molecule has 3 aliphatic carbocycles. The molecule has 8 unspecified atom stereocenters. The quantitative estimate of drug-likeness (QED) is 0.0420. The van der Waals surface area contributed by atoms with Crippen molar-refractivity contribution in [3.63, 3.8) is 0 Å². The number of fused-ring (bicyclic) bond motifs is 1. The summed E-state index contributed by atoms with van der Waals surface area (Å²) in [6.45, 7) is 39.8. The lowest BCUT2D eigenvalue weighted by Gasteiger charge is -2.56. The number of carbonyl (C=O) groups is 1. The standard InChI is InChI=1S/C47H97N3O2.C28H52.C4H10.C3H8/c1-6-8-10-12-14-16-18-20-22-24-26-28-30-32-34-38-42-50(47(52)46(49-45(5)51)40-36-37-41-48-44(3)4)43-39-35-33-31-29-27-25-23-21-19-17-15-13-11-9-7-2;1-8-23-25(27(6)17-14-21(4)15-18-27)16-19-28(7)24(12-13-26(23)28)22(5)11-9-10-20(2)3;1-3-4-2;1-3-2/h44-46,48-49,51H,6-43H2,1-5H3;20-26H,8-19H2,1-7H3;3-4H2,1-2H3;3H2,1-2H3. The normalized spacial score (nSPS) is 22.8. The highest BCUT2D eigenvalue weighted by molar-refractivity contribution is 5.81. The molecule has 0 aromatic carbocycles. The van der Waals surface area contributed by atoms with Crippen LogP contribution >= 0.6 is 0 Å². The van der Waals surface area contributed by atoms with Crippen LogP contribution in [0.3, 0.4) is 0 Å². The predicted molar refractivity (Wildman–Crippen MR) is 392 cm³/mol. The van der Waals surface area contributed by atoms with Crippen LogP contribution in [0.4, 0.5) is 0 Å². The first kappa shape index (κ1) is 86.4. The minimum absolute atomic E-state index is 0.208. The highest BCUT2D eigenvalue weighted by atomic mass is 16.3. The van der Waals surface area contributed by atoms with Crippen LogP contribution in [0.1, 0.15) is 432 Å². The van der Waals surface area contributed by atoms with Gasteiger partial charge in [-0.05, 0) is 130 Å². The Labute approximate surface area is 550 Å². The average Bonchev–Trinajstić information content (AvgIpc) is 1.71. The van der Waals surface area contributed by atoms with Crippen molar-refractivity contribution in [2.75, 3.05) is 19.6 Å². The molecule has 0 saturated heterocycles. The highest BCUT2D eigenvalue weighted by Crippen LogP contribution is 2.65. The Morgan fingerprint density at radius 1 is 0.471 bits per heavy atom. The Bertz CT molecular complexity index is 1400. The third kappa shape index (κ3) is 43.1. The van der Waals surface area contributed by atoms with E-state index in [4.69, 9.17) is 0 Å². The molecule has 1 amide bonds. The molecule has 3 rings (SSSR count). The molecule has 0 radical (unpaired) electrons. The molecular weight excluding hydrogens is 1060 g/mol. The lowest BCUT2D eigenvalue weighted by molar-refractivity contribution is -0.134. The van der Waals surface area contributed by atoms with E-state index in [1.165, 1.54) is 289 Å². The van der Waals surface area contributed by atoms with Gasteiger partial charge in [-0.3, -0.25) is 10.1 Å². The van der Waals surface area contributed by atoms with Gasteiger partial charge in [0.2, 0.25) is 5.91 Å². The summed E-state index contributed by atoms with van der Waals surface area (Å²) in [5.41, 5.74) is 1.29. The molecule has 0 aromatic rings. The lowest BCUT2D eigenvalue weighted by atomic mass is 9.49. The summed E-state index contributed by atoms with van der Waals surface area (Å²) in [5, 5.41) is 16.9. The number of nitrogens with zero attached hydrogens (tertiary/aromatic N) is 1. The number of aliphatic hydroxyl groups is 1. The number of carbonyl (C=O) groups excluding carboxylic acids is 1. The van der Waals surface area contributed by atoms with E-state index in [0.29, 0.717) is 16.9 Å². The second kappa shape index (κ2) is 58.0. The molecule has 5 heteroatoms. The molecule has 8 atom stereocenters. The third-order valence-corrected chi connectivity index (χ3v) is 22.0. The Kier molecular flexibility index (Phi) is 57.5. The molecule has 0 heterocycles. The van der Waals surface area contributed by atoms with E-state index in [-0.39, 0.29) is 11.9 Å². The predicted octanol–water partition coefficient (Wildman–Crippen LogP) is 26.2. The van der Waals surface area contributed by atoms with Gasteiger partial charge >= 0.3 is 0 Å². The van der Waals surface area contributed by atoms with Crippen LogP contribution in [0, 0.1) is 52.3 Å². The first-order valence-electron chi connectivity index (χ1n) is 40.4. The Balaban J connectivity index is 0.00000174. The number of amides is 1. The van der Waals surface area contributed by atoms with Crippen LogP contribution < -0.4 is 10.6 Å². The minimum atomic E-state index is -0.671. The second-order valence-corrected chi connectivity index (χ2v) is 31.3. The molecule has 3 saturated carbocycles. The summed E-state index contributed by atoms with van der Waals surface area (Å²) < 4.78 is 0. The molecule has 0 bridgehead atoms. The third-order valence-electron chi connectivity index (χ3n) is 22.0. The van der Waals surface area contributed by atoms with Gasteiger partial charge in [0.05, 0.1) is 6.04 Å². The van der Waals surface area contributed by atoms with Crippen molar-refractivity contribution in [2.45, 2.75) is 450 Å². The first-order chi connectivity index (χ1) is 42.0. The van der Waals surface area contributed by atoms with Gasteiger partial charge in [0.1, 0.15) is 6.23 Å². The van der Waals surface area contributed by atoms with Gasteiger partial charge in [-0.15, -0.1) is 0 Å². The van der Waals surface area contributed by atoms with Crippen molar-refractivity contribution in [2.24, 2.45) is 52.3 Å². The summed E-state index contributed by atoms with van der Waals surface area (Å²) in [5.74, 6) is 7.03. The zero-order valence-electron chi connectivity index (χ0n) is 63.1. The SMILES string of the molecule is CCC.CCC1C(C2(C)CCC(C)CC2)CCC2(C)C(C(C)CCCC(C)C)CCC12.CCCC.CCCCCCCCCCCCCCCCCCN(CCCCCCCCCCCCCCCCCC)C(=O)C(CCCCNC(C)C)NC(C)O. The summed E-state index contributed by atoms with van der Waals surface area (Å²) >= 11 is 0. The molecule has 522 valence electrons. The number of aliphatic hydroxyl groups excluding tert-OH is 1. The molecule has 5 nitrogen and oxygen atoms in total. The van der Waals surface area contributed by atoms with E-state index >= 15 is 0 Å². The van der Waals surface area contributed by atoms with Crippen molar-refractivity contribution in [1.82, 2.24) is 15.5 Å². The first-order valence-corrected chi connectivity index (χ1v) is 40.4. The fraction of sp³-hybridized carbons (Fsp3) is 0.988. The van der Waals surface area contributed by atoms with Crippen molar-refractivity contribution >= 4 is 5.91 Å². The van der Waals surface area contributed by atoms with Crippen LogP contribution in [-0.4, -0.2) is 53.9 Å². The Hall–Kier alpha value is -0.650. The van der Waals surface area contributed by atoms with Gasteiger partial charge in [0.25, 0.3) is 0 Å². The number of rotatable bonds is 51. The van der Waals surface area contributed by atoms with Gasteiger partial charge < -0.3 is 15.3 Å². The van der Waals surface area contributed by atoms with Crippen molar-refractivity contribution in [1.29, 1.82) is 0 Å². The lowest BCUT2D eigenvalue weighted by Crippen LogP contribution is -2.49. The summed E-state index contributed by atoms with van der Waals surface area (Å²) in [6.07, 6.45) is 67.7. The highest BCUT2D eigenvalue weighted by Gasteiger charge is 2.57. The van der Waals surface area contributed by atoms with Crippen molar-refractivity contribution in [3.05, 3.63) is 0 Å².